The summed E-state index contributed by atoms with van der Waals surface area (Å²) in [6, 6.07) is 15.6. The summed E-state index contributed by atoms with van der Waals surface area (Å²) >= 11 is 0. The van der Waals surface area contributed by atoms with Gasteiger partial charge in [0.05, 0.1) is 16.4 Å². The van der Waals surface area contributed by atoms with E-state index in [4.69, 9.17) is 20.9 Å². The number of primary amides is 1. The third-order valence-electron chi connectivity index (χ3n) is 6.06. The number of nitro benzene ring substituents is 1. The highest BCUT2D eigenvalue weighted by atomic mass is 16.6. The lowest BCUT2D eigenvalue weighted by molar-refractivity contribution is -0.386. The molecule has 10 heteroatoms. The van der Waals surface area contributed by atoms with Crippen molar-refractivity contribution in [2.75, 3.05) is 26.2 Å². The second-order valence-electron chi connectivity index (χ2n) is 8.34. The Morgan fingerprint density at radius 3 is 2.35 bits per heavy atom. The van der Waals surface area contributed by atoms with E-state index in [0.29, 0.717) is 38.0 Å². The smallest absolute Gasteiger partial charge is 0.405 e. The largest absolute Gasteiger partial charge is 0.461 e. The molecule has 34 heavy (non-hydrogen) atoms. The Bertz CT molecular complexity index is 978. The molecular weight excluding hydrogens is 440 g/mol. The van der Waals surface area contributed by atoms with Crippen LogP contribution in [0.3, 0.4) is 0 Å². The topological polar surface area (TPSA) is 151 Å². The van der Waals surface area contributed by atoms with E-state index in [1.54, 1.807) is 18.2 Å². The molecule has 0 radical (unpaired) electrons. The summed E-state index contributed by atoms with van der Waals surface area (Å²) in [6.07, 6.45) is -0.571. The predicted molar refractivity (Wildman–Crippen MR) is 124 cm³/mol. The summed E-state index contributed by atoms with van der Waals surface area (Å²) < 4.78 is 10.8. The monoisotopic (exact) mass is 470 g/mol. The van der Waals surface area contributed by atoms with Crippen molar-refractivity contribution in [3.63, 3.8) is 0 Å². The normalized spacial score (nSPS) is 16.4. The molecule has 0 saturated carbocycles. The van der Waals surface area contributed by atoms with Crippen molar-refractivity contribution >= 4 is 17.7 Å². The zero-order chi connectivity index (χ0) is 24.5. The lowest BCUT2D eigenvalue weighted by atomic mass is 9.86. The summed E-state index contributed by atoms with van der Waals surface area (Å²) in [5, 5.41) is 11.5. The van der Waals surface area contributed by atoms with Crippen LogP contribution in [-0.4, -0.2) is 48.1 Å². The maximum Gasteiger partial charge on any atom is 0.405 e. The molecule has 0 aliphatic carbocycles. The number of hydrogen-bond donors (Lipinski definition) is 2. The Morgan fingerprint density at radius 1 is 1.09 bits per heavy atom. The molecule has 2 atom stereocenters. The molecule has 2 aromatic rings. The van der Waals surface area contributed by atoms with Gasteiger partial charge >= 0.3 is 12.1 Å². The van der Waals surface area contributed by atoms with Crippen LogP contribution in [-0.2, 0) is 20.9 Å². The van der Waals surface area contributed by atoms with Gasteiger partial charge in [0.1, 0.15) is 12.7 Å². The van der Waals surface area contributed by atoms with Gasteiger partial charge in [0.2, 0.25) is 0 Å². The molecule has 3 rings (SSSR count). The van der Waals surface area contributed by atoms with Gasteiger partial charge in [-0.15, -0.1) is 0 Å². The molecule has 4 N–H and O–H groups in total. The van der Waals surface area contributed by atoms with Gasteiger partial charge in [-0.2, -0.15) is 0 Å². The number of para-hydroxylation sites is 1. The molecule has 0 spiro atoms. The Labute approximate surface area is 198 Å². The number of likely N-dealkylation sites (tertiary alicyclic amines) is 1. The van der Waals surface area contributed by atoms with E-state index in [9.17, 15) is 19.7 Å². The van der Waals surface area contributed by atoms with E-state index in [1.807, 2.05) is 30.3 Å². The molecule has 1 aliphatic rings. The standard InChI is InChI=1S/C24H30N4O6/c25-14-19(23(29)33-16-17-6-2-1-3-7-17)15-27-12-10-18(11-13-27)22(34-24(26)30)20-8-4-5-9-21(20)28(31)32/h1-9,18-19,22H,10-16,25H2,(H2,26,30). The lowest BCUT2D eigenvalue weighted by Gasteiger charge is -2.36. The van der Waals surface area contributed by atoms with Crippen LogP contribution in [0.4, 0.5) is 10.5 Å². The Balaban J connectivity index is 1.59. The lowest BCUT2D eigenvalue weighted by Crippen LogP contribution is -2.43. The number of esters is 1. The minimum Gasteiger partial charge on any atom is -0.461 e. The van der Waals surface area contributed by atoms with Crippen LogP contribution in [0.5, 0.6) is 0 Å². The predicted octanol–water partition coefficient (Wildman–Crippen LogP) is 2.76. The second-order valence-corrected chi connectivity index (χ2v) is 8.34. The molecule has 1 aliphatic heterocycles. The first kappa shape index (κ1) is 25.1. The fourth-order valence-corrected chi connectivity index (χ4v) is 4.27. The number of benzene rings is 2. The minimum absolute atomic E-state index is 0.111. The first-order valence-corrected chi connectivity index (χ1v) is 11.2. The third kappa shape index (κ3) is 6.75. The van der Waals surface area contributed by atoms with E-state index in [0.717, 1.165) is 5.56 Å². The van der Waals surface area contributed by atoms with Gasteiger partial charge in [-0.3, -0.25) is 14.9 Å². The number of nitrogens with two attached hydrogens (primary N) is 2. The number of hydrogen-bond acceptors (Lipinski definition) is 8. The van der Waals surface area contributed by atoms with Crippen molar-refractivity contribution in [3.8, 4) is 0 Å². The number of ether oxygens (including phenoxy) is 2. The number of nitrogens with zero attached hydrogens (tertiary/aromatic N) is 2. The van der Waals surface area contributed by atoms with Crippen molar-refractivity contribution in [1.29, 1.82) is 0 Å². The van der Waals surface area contributed by atoms with Crippen LogP contribution in [0, 0.1) is 22.0 Å². The molecule has 1 fully saturated rings. The summed E-state index contributed by atoms with van der Waals surface area (Å²) in [5.41, 5.74) is 12.2. The van der Waals surface area contributed by atoms with Gasteiger partial charge in [0.15, 0.2) is 0 Å². The highest BCUT2D eigenvalue weighted by Crippen LogP contribution is 2.38. The van der Waals surface area contributed by atoms with Crippen molar-refractivity contribution in [2.24, 2.45) is 23.3 Å². The van der Waals surface area contributed by atoms with Crippen LogP contribution < -0.4 is 11.5 Å². The fraction of sp³-hybridized carbons (Fsp3) is 0.417. The quantitative estimate of drug-likeness (QED) is 0.306. The molecule has 1 heterocycles. The summed E-state index contributed by atoms with van der Waals surface area (Å²) in [5.74, 6) is -0.956. The van der Waals surface area contributed by atoms with Gasteiger partial charge in [0.25, 0.3) is 5.69 Å². The molecule has 2 aromatic carbocycles. The summed E-state index contributed by atoms with van der Waals surface area (Å²) in [6.45, 7) is 2.04. The van der Waals surface area contributed by atoms with E-state index < -0.39 is 23.0 Å². The average Bonchev–Trinajstić information content (AvgIpc) is 2.85. The fourth-order valence-electron chi connectivity index (χ4n) is 4.27. The van der Waals surface area contributed by atoms with E-state index in [2.05, 4.69) is 4.90 Å². The minimum atomic E-state index is -0.977. The van der Waals surface area contributed by atoms with Crippen molar-refractivity contribution in [3.05, 3.63) is 75.8 Å². The van der Waals surface area contributed by atoms with Crippen LogP contribution in [0.25, 0.3) is 0 Å². The number of carbonyl (C=O) groups is 2. The SMILES string of the molecule is NCC(CN1CCC(C(OC(N)=O)c2ccccc2[N+](=O)[O-])CC1)C(=O)OCc1ccccc1. The number of amides is 1. The number of carbonyl (C=O) groups excluding carboxylic acids is 2. The zero-order valence-corrected chi connectivity index (χ0v) is 18.9. The van der Waals surface area contributed by atoms with Crippen molar-refractivity contribution in [2.45, 2.75) is 25.6 Å². The molecule has 2 unspecified atom stereocenters. The van der Waals surface area contributed by atoms with E-state index in [-0.39, 0.29) is 30.7 Å². The Kier molecular flexibility index (Phi) is 8.94. The van der Waals surface area contributed by atoms with E-state index in [1.165, 1.54) is 6.07 Å². The summed E-state index contributed by atoms with van der Waals surface area (Å²) in [4.78, 5) is 37.2. The highest BCUT2D eigenvalue weighted by Gasteiger charge is 2.35. The van der Waals surface area contributed by atoms with Gasteiger partial charge in [-0.25, -0.2) is 4.79 Å². The van der Waals surface area contributed by atoms with Gasteiger partial charge in [-0.1, -0.05) is 42.5 Å². The van der Waals surface area contributed by atoms with Crippen molar-refractivity contribution < 1.29 is 24.0 Å². The molecular formula is C24H30N4O6. The molecule has 0 aromatic heterocycles. The number of rotatable bonds is 10. The highest BCUT2D eigenvalue weighted by molar-refractivity contribution is 5.73. The van der Waals surface area contributed by atoms with Crippen LogP contribution >= 0.6 is 0 Å². The van der Waals surface area contributed by atoms with Crippen molar-refractivity contribution in [1.82, 2.24) is 4.90 Å². The molecule has 0 bridgehead atoms. The Morgan fingerprint density at radius 2 is 1.74 bits per heavy atom. The Hall–Kier alpha value is -3.50. The average molecular weight is 471 g/mol. The van der Waals surface area contributed by atoms with Gasteiger partial charge in [-0.05, 0) is 37.6 Å². The molecule has 182 valence electrons. The zero-order valence-electron chi connectivity index (χ0n) is 18.9. The van der Waals surface area contributed by atoms with E-state index >= 15 is 0 Å². The number of nitro groups is 1. The maximum atomic E-state index is 12.5. The third-order valence-corrected chi connectivity index (χ3v) is 6.06. The van der Waals surface area contributed by atoms with Crippen LogP contribution in [0.1, 0.15) is 30.1 Å². The van der Waals surface area contributed by atoms with Gasteiger partial charge < -0.3 is 25.8 Å². The first-order chi connectivity index (χ1) is 16.4. The number of piperidine rings is 1. The molecule has 10 nitrogen and oxygen atoms in total. The molecule has 1 amide bonds. The van der Waals surface area contributed by atoms with Crippen LogP contribution in [0.2, 0.25) is 0 Å². The van der Waals surface area contributed by atoms with Gasteiger partial charge in [0, 0.05) is 25.1 Å². The summed E-state index contributed by atoms with van der Waals surface area (Å²) in [7, 11) is 0. The second kappa shape index (κ2) is 12.1. The maximum absolute atomic E-state index is 12.5. The van der Waals surface area contributed by atoms with Crippen LogP contribution in [0.15, 0.2) is 54.6 Å². The first-order valence-electron chi connectivity index (χ1n) is 11.2. The molecule has 1 saturated heterocycles.